The minimum atomic E-state index is -4.49. The molecule has 0 saturated carbocycles. The van der Waals surface area contributed by atoms with E-state index in [-0.39, 0.29) is 0 Å². The highest BCUT2D eigenvalue weighted by atomic mass is 19.4. The fourth-order valence-corrected chi connectivity index (χ4v) is 0.867. The number of tetrazole rings is 2. The third-order valence-electron chi connectivity index (χ3n) is 1.64. The number of aryl methyl sites for hydroxylation is 2. The van der Waals surface area contributed by atoms with E-state index in [2.05, 4.69) is 30.9 Å². The Hall–Kier alpha value is -2.28. The SMILES string of the molecule is Cn1nnc(C(F)(F)F)n1.Cn1nnnc1C(F)(F)F. The Bertz CT molecular complexity index is 552. The third-order valence-corrected chi connectivity index (χ3v) is 1.64. The molecule has 14 heteroatoms. The first kappa shape index (κ1) is 15.8. The third kappa shape index (κ3) is 4.13. The van der Waals surface area contributed by atoms with Crippen molar-refractivity contribution in [3.8, 4) is 0 Å². The van der Waals surface area contributed by atoms with Crippen molar-refractivity contribution < 1.29 is 26.3 Å². The average molecular weight is 304 g/mol. The molecule has 0 aliphatic rings. The van der Waals surface area contributed by atoms with Crippen LogP contribution in [-0.4, -0.2) is 40.4 Å². The van der Waals surface area contributed by atoms with Crippen LogP contribution in [0.2, 0.25) is 0 Å². The zero-order chi connectivity index (χ0) is 15.6. The molecule has 2 heterocycles. The summed E-state index contributed by atoms with van der Waals surface area (Å²) in [6, 6.07) is 0. The number of rotatable bonds is 0. The molecule has 0 aliphatic carbocycles. The van der Waals surface area contributed by atoms with Gasteiger partial charge in [0, 0.05) is 7.05 Å². The van der Waals surface area contributed by atoms with Crippen molar-refractivity contribution in [2.75, 3.05) is 0 Å². The molecule has 0 saturated heterocycles. The Morgan fingerprint density at radius 3 is 1.65 bits per heavy atom. The molecule has 112 valence electrons. The second kappa shape index (κ2) is 5.38. The first-order valence-corrected chi connectivity index (χ1v) is 4.62. The van der Waals surface area contributed by atoms with Gasteiger partial charge in [0.15, 0.2) is 0 Å². The Kier molecular flexibility index (Phi) is 4.24. The number of hydrogen-bond acceptors (Lipinski definition) is 6. The van der Waals surface area contributed by atoms with Gasteiger partial charge in [-0.05, 0) is 15.6 Å². The molecule has 0 N–H and O–H groups in total. The first-order chi connectivity index (χ1) is 9.01. The van der Waals surface area contributed by atoms with Crippen molar-refractivity contribution in [3.05, 3.63) is 11.6 Å². The average Bonchev–Trinajstić information content (AvgIpc) is 2.85. The summed E-state index contributed by atoms with van der Waals surface area (Å²) in [5.41, 5.74) is 0. The second-order valence-electron chi connectivity index (χ2n) is 3.22. The summed E-state index contributed by atoms with van der Waals surface area (Å²) >= 11 is 0. The number of halogens is 6. The Labute approximate surface area is 106 Å². The van der Waals surface area contributed by atoms with Gasteiger partial charge < -0.3 is 0 Å². The van der Waals surface area contributed by atoms with E-state index in [1.54, 1.807) is 0 Å². The van der Waals surface area contributed by atoms with Crippen LogP contribution in [0, 0.1) is 0 Å². The van der Waals surface area contributed by atoms with Gasteiger partial charge in [-0.2, -0.15) is 31.1 Å². The Balaban J connectivity index is 0.000000200. The molecule has 20 heavy (non-hydrogen) atoms. The zero-order valence-corrected chi connectivity index (χ0v) is 9.85. The molecular weight excluding hydrogens is 298 g/mol. The summed E-state index contributed by atoms with van der Waals surface area (Å²) in [7, 11) is 2.39. The van der Waals surface area contributed by atoms with Gasteiger partial charge in [0.25, 0.3) is 11.6 Å². The normalized spacial score (nSPS) is 12.0. The van der Waals surface area contributed by atoms with Gasteiger partial charge in [-0.3, -0.25) is 0 Å². The van der Waals surface area contributed by atoms with Crippen molar-refractivity contribution in [2.45, 2.75) is 12.4 Å². The minimum Gasteiger partial charge on any atom is -0.225 e. The Morgan fingerprint density at radius 2 is 1.45 bits per heavy atom. The molecule has 0 spiro atoms. The van der Waals surface area contributed by atoms with Gasteiger partial charge in [-0.15, -0.1) is 15.3 Å². The maximum Gasteiger partial charge on any atom is 0.455 e. The smallest absolute Gasteiger partial charge is 0.225 e. The standard InChI is InChI=1S/2C3H3F3N4/c1-10-2(3(4,5)6)7-8-9-10;1-10-8-2(7-9-10)3(4,5)6/h2*1H3. The van der Waals surface area contributed by atoms with Crippen LogP contribution < -0.4 is 0 Å². The monoisotopic (exact) mass is 304 g/mol. The van der Waals surface area contributed by atoms with Crippen LogP contribution in [-0.2, 0) is 26.4 Å². The molecule has 0 aliphatic heterocycles. The molecule has 0 fully saturated rings. The molecule has 0 radical (unpaired) electrons. The van der Waals surface area contributed by atoms with Crippen LogP contribution in [0.4, 0.5) is 26.3 Å². The molecule has 2 rings (SSSR count). The van der Waals surface area contributed by atoms with Crippen molar-refractivity contribution >= 4 is 0 Å². The summed E-state index contributed by atoms with van der Waals surface area (Å²) in [5.74, 6) is -2.30. The van der Waals surface area contributed by atoms with E-state index < -0.39 is 24.0 Å². The van der Waals surface area contributed by atoms with Crippen LogP contribution in [0.25, 0.3) is 0 Å². The zero-order valence-electron chi connectivity index (χ0n) is 9.85. The van der Waals surface area contributed by atoms with Crippen molar-refractivity contribution in [3.63, 3.8) is 0 Å². The van der Waals surface area contributed by atoms with E-state index in [1.807, 2.05) is 0 Å². The molecule has 0 bridgehead atoms. The maximum atomic E-state index is 11.7. The largest absolute Gasteiger partial charge is 0.455 e. The summed E-state index contributed by atoms with van der Waals surface area (Å²) in [5, 5.41) is 17.3. The molecule has 2 aromatic heterocycles. The molecule has 0 amide bonds. The summed E-state index contributed by atoms with van der Waals surface area (Å²) in [6.07, 6.45) is -8.95. The van der Waals surface area contributed by atoms with Crippen LogP contribution in [0.5, 0.6) is 0 Å². The van der Waals surface area contributed by atoms with Gasteiger partial charge in [-0.1, -0.05) is 0 Å². The molecule has 0 aromatic carbocycles. The maximum absolute atomic E-state index is 11.7. The predicted molar refractivity (Wildman–Crippen MR) is 47.6 cm³/mol. The van der Waals surface area contributed by atoms with E-state index in [1.165, 1.54) is 7.05 Å². The highest BCUT2D eigenvalue weighted by molar-refractivity contribution is 4.85. The summed E-state index contributed by atoms with van der Waals surface area (Å²) in [6.45, 7) is 0. The topological polar surface area (TPSA) is 87.2 Å². The lowest BCUT2D eigenvalue weighted by atomic mass is 10.6. The summed E-state index contributed by atoms with van der Waals surface area (Å²) in [4.78, 5) is 0.753. The van der Waals surface area contributed by atoms with Crippen LogP contribution >= 0.6 is 0 Å². The van der Waals surface area contributed by atoms with Crippen LogP contribution in [0.3, 0.4) is 0 Å². The van der Waals surface area contributed by atoms with Crippen molar-refractivity contribution in [1.29, 1.82) is 0 Å². The van der Waals surface area contributed by atoms with Gasteiger partial charge in [0.1, 0.15) is 0 Å². The highest BCUT2D eigenvalue weighted by Gasteiger charge is 2.37. The number of alkyl halides is 6. The fraction of sp³-hybridized carbons (Fsp3) is 0.667. The van der Waals surface area contributed by atoms with Gasteiger partial charge >= 0.3 is 12.4 Å². The van der Waals surface area contributed by atoms with E-state index in [9.17, 15) is 26.3 Å². The number of nitrogens with zero attached hydrogens (tertiary/aromatic N) is 8. The lowest BCUT2D eigenvalue weighted by Crippen LogP contribution is -2.13. The minimum absolute atomic E-state index is 0.569. The van der Waals surface area contributed by atoms with E-state index in [4.69, 9.17) is 0 Å². The lowest BCUT2D eigenvalue weighted by Gasteiger charge is -2.00. The quantitative estimate of drug-likeness (QED) is 0.657. The van der Waals surface area contributed by atoms with Crippen molar-refractivity contribution in [2.24, 2.45) is 14.1 Å². The molecule has 0 atom stereocenters. The molecular formula is C6H6F6N8. The predicted octanol–water partition coefficient (Wildman–Crippen LogP) is 0.458. The second-order valence-corrected chi connectivity index (χ2v) is 3.22. The molecule has 0 unspecified atom stereocenters. The van der Waals surface area contributed by atoms with Crippen LogP contribution in [0.15, 0.2) is 0 Å². The highest BCUT2D eigenvalue weighted by Crippen LogP contribution is 2.25. The lowest BCUT2D eigenvalue weighted by molar-refractivity contribution is -0.147. The first-order valence-electron chi connectivity index (χ1n) is 4.62. The molecule has 2 aromatic rings. The fourth-order valence-electron chi connectivity index (χ4n) is 0.867. The number of hydrogen-bond donors (Lipinski definition) is 0. The van der Waals surface area contributed by atoms with Gasteiger partial charge in [0.05, 0.1) is 7.05 Å². The summed E-state index contributed by atoms with van der Waals surface area (Å²) < 4.78 is 70.6. The number of aromatic nitrogens is 8. The Morgan fingerprint density at radius 1 is 0.850 bits per heavy atom. The van der Waals surface area contributed by atoms with Gasteiger partial charge in [0.2, 0.25) is 0 Å². The molecule has 8 nitrogen and oxygen atoms in total. The van der Waals surface area contributed by atoms with E-state index in [0.717, 1.165) is 11.8 Å². The van der Waals surface area contributed by atoms with Gasteiger partial charge in [-0.25, -0.2) is 4.68 Å². The van der Waals surface area contributed by atoms with E-state index in [0.29, 0.717) is 4.68 Å². The van der Waals surface area contributed by atoms with Crippen LogP contribution in [0.1, 0.15) is 11.6 Å². The van der Waals surface area contributed by atoms with E-state index >= 15 is 0 Å². The van der Waals surface area contributed by atoms with Crippen molar-refractivity contribution in [1.82, 2.24) is 40.4 Å².